The lowest BCUT2D eigenvalue weighted by molar-refractivity contribution is -0.383. The Labute approximate surface area is 150 Å². The first-order valence-corrected chi connectivity index (χ1v) is 8.53. The van der Waals surface area contributed by atoms with Crippen molar-refractivity contribution in [1.29, 1.82) is 0 Å². The molecule has 1 aliphatic rings. The first-order valence-electron chi connectivity index (χ1n) is 8.53. The molecule has 0 aliphatic carbocycles. The van der Waals surface area contributed by atoms with Crippen LogP contribution in [-0.4, -0.2) is 59.2 Å². The quantitative estimate of drug-likeness (QED) is 0.390. The molecule has 26 heavy (non-hydrogen) atoms. The molecule has 0 unspecified atom stereocenters. The van der Waals surface area contributed by atoms with Gasteiger partial charge in [-0.2, -0.15) is 0 Å². The Kier molecular flexibility index (Phi) is 6.34. The Morgan fingerprint density at radius 2 is 2.00 bits per heavy atom. The van der Waals surface area contributed by atoms with Crippen LogP contribution < -0.4 is 10.6 Å². The zero-order chi connectivity index (χ0) is 18.2. The Hall–Kier alpha value is -2.72. The van der Waals surface area contributed by atoms with E-state index in [-0.39, 0.29) is 17.3 Å². The van der Waals surface area contributed by atoms with E-state index >= 15 is 0 Å². The third-order valence-corrected chi connectivity index (χ3v) is 4.06. The Bertz CT molecular complexity index is 703. The maximum atomic E-state index is 11.5. The lowest BCUT2D eigenvalue weighted by Crippen LogP contribution is -2.37. The third kappa shape index (κ3) is 4.90. The standard InChI is InChI=1S/C16H22N6O4/c23-22(24)14-15(17-4-2-5-21-6-9-25-10-7-21)19-12-20-16(14)18-11-13-3-1-8-26-13/h1,3,8,12H,2,4-7,9-11H2,(H2,17,18,19,20). The van der Waals surface area contributed by atoms with Crippen molar-refractivity contribution in [2.24, 2.45) is 0 Å². The SMILES string of the molecule is O=[N+]([O-])c1c(NCCCN2CCOCC2)ncnc1NCc1ccco1. The number of nitro groups is 1. The summed E-state index contributed by atoms with van der Waals surface area (Å²) in [7, 11) is 0. The number of aromatic nitrogens is 2. The summed E-state index contributed by atoms with van der Waals surface area (Å²) in [6, 6.07) is 3.54. The molecular formula is C16H22N6O4. The van der Waals surface area contributed by atoms with Gasteiger partial charge in [-0.1, -0.05) is 0 Å². The molecule has 3 rings (SSSR count). The van der Waals surface area contributed by atoms with Gasteiger partial charge in [-0.15, -0.1) is 0 Å². The molecular weight excluding hydrogens is 340 g/mol. The second-order valence-electron chi connectivity index (χ2n) is 5.84. The highest BCUT2D eigenvalue weighted by Gasteiger charge is 2.22. The van der Waals surface area contributed by atoms with Gasteiger partial charge in [0.15, 0.2) is 0 Å². The lowest BCUT2D eigenvalue weighted by atomic mass is 10.3. The van der Waals surface area contributed by atoms with E-state index in [0.717, 1.165) is 39.3 Å². The molecule has 10 nitrogen and oxygen atoms in total. The van der Waals surface area contributed by atoms with Crippen LogP contribution in [0.2, 0.25) is 0 Å². The number of hydrogen-bond acceptors (Lipinski definition) is 9. The van der Waals surface area contributed by atoms with E-state index in [1.165, 1.54) is 6.33 Å². The van der Waals surface area contributed by atoms with Gasteiger partial charge >= 0.3 is 5.69 Å². The normalized spacial score (nSPS) is 14.9. The largest absolute Gasteiger partial charge is 0.467 e. The van der Waals surface area contributed by atoms with Crippen molar-refractivity contribution in [3.63, 3.8) is 0 Å². The Morgan fingerprint density at radius 1 is 1.23 bits per heavy atom. The highest BCUT2D eigenvalue weighted by molar-refractivity contribution is 5.69. The van der Waals surface area contributed by atoms with Crippen LogP contribution in [0.5, 0.6) is 0 Å². The highest BCUT2D eigenvalue weighted by atomic mass is 16.6. The molecule has 10 heteroatoms. The van der Waals surface area contributed by atoms with Crippen molar-refractivity contribution >= 4 is 17.3 Å². The fraction of sp³-hybridized carbons (Fsp3) is 0.500. The first-order chi connectivity index (χ1) is 12.7. The van der Waals surface area contributed by atoms with E-state index in [1.807, 2.05) is 0 Å². The number of hydrogen-bond donors (Lipinski definition) is 2. The lowest BCUT2D eigenvalue weighted by Gasteiger charge is -2.26. The minimum Gasteiger partial charge on any atom is -0.467 e. The van der Waals surface area contributed by atoms with E-state index in [1.54, 1.807) is 18.4 Å². The van der Waals surface area contributed by atoms with Crippen molar-refractivity contribution < 1.29 is 14.1 Å². The van der Waals surface area contributed by atoms with E-state index in [2.05, 4.69) is 25.5 Å². The summed E-state index contributed by atoms with van der Waals surface area (Å²) in [6.07, 6.45) is 3.71. The second kappa shape index (κ2) is 9.11. The van der Waals surface area contributed by atoms with Crippen LogP contribution >= 0.6 is 0 Å². The molecule has 0 radical (unpaired) electrons. The molecule has 1 fully saturated rings. The van der Waals surface area contributed by atoms with E-state index in [0.29, 0.717) is 18.8 Å². The van der Waals surface area contributed by atoms with Crippen LogP contribution in [0.15, 0.2) is 29.1 Å². The average molecular weight is 362 g/mol. The summed E-state index contributed by atoms with van der Waals surface area (Å²) in [4.78, 5) is 21.3. The van der Waals surface area contributed by atoms with Gasteiger partial charge in [0.25, 0.3) is 0 Å². The smallest absolute Gasteiger partial charge is 0.353 e. The number of nitrogens with zero attached hydrogens (tertiary/aromatic N) is 4. The molecule has 0 saturated carbocycles. The Balaban J connectivity index is 1.57. The summed E-state index contributed by atoms with van der Waals surface area (Å²) < 4.78 is 10.5. The summed E-state index contributed by atoms with van der Waals surface area (Å²) in [5.74, 6) is 1.05. The summed E-state index contributed by atoms with van der Waals surface area (Å²) >= 11 is 0. The average Bonchev–Trinajstić information content (AvgIpc) is 3.18. The van der Waals surface area contributed by atoms with Crippen LogP contribution in [0.4, 0.5) is 17.3 Å². The van der Waals surface area contributed by atoms with Gasteiger partial charge in [-0.3, -0.25) is 15.0 Å². The highest BCUT2D eigenvalue weighted by Crippen LogP contribution is 2.29. The minimum absolute atomic E-state index is 0.162. The van der Waals surface area contributed by atoms with Gasteiger partial charge in [-0.05, 0) is 25.1 Å². The van der Waals surface area contributed by atoms with Crippen molar-refractivity contribution in [2.45, 2.75) is 13.0 Å². The minimum atomic E-state index is -0.477. The zero-order valence-electron chi connectivity index (χ0n) is 14.4. The summed E-state index contributed by atoms with van der Waals surface area (Å²) in [6.45, 7) is 5.18. The van der Waals surface area contributed by atoms with Crippen LogP contribution in [0.25, 0.3) is 0 Å². The van der Waals surface area contributed by atoms with Crippen LogP contribution in [0.1, 0.15) is 12.2 Å². The number of rotatable bonds is 9. The number of anilines is 2. The topological polar surface area (TPSA) is 119 Å². The van der Waals surface area contributed by atoms with Crippen LogP contribution in [0.3, 0.4) is 0 Å². The van der Waals surface area contributed by atoms with Gasteiger partial charge in [0.05, 0.1) is 30.9 Å². The Morgan fingerprint density at radius 3 is 2.69 bits per heavy atom. The third-order valence-electron chi connectivity index (χ3n) is 4.06. The van der Waals surface area contributed by atoms with Gasteiger partial charge in [-0.25, -0.2) is 9.97 Å². The number of nitrogens with one attached hydrogen (secondary N) is 2. The van der Waals surface area contributed by atoms with E-state index in [4.69, 9.17) is 9.15 Å². The molecule has 1 aliphatic heterocycles. The van der Waals surface area contributed by atoms with Gasteiger partial charge in [0, 0.05) is 19.6 Å². The molecule has 3 heterocycles. The number of morpholine rings is 1. The molecule has 140 valence electrons. The fourth-order valence-corrected chi connectivity index (χ4v) is 2.73. The second-order valence-corrected chi connectivity index (χ2v) is 5.84. The molecule has 0 amide bonds. The van der Waals surface area contributed by atoms with Crippen LogP contribution in [0, 0.1) is 10.1 Å². The molecule has 0 atom stereocenters. The van der Waals surface area contributed by atoms with Crippen LogP contribution in [-0.2, 0) is 11.3 Å². The summed E-state index contributed by atoms with van der Waals surface area (Å²) in [5.41, 5.74) is -0.162. The van der Waals surface area contributed by atoms with E-state index in [9.17, 15) is 10.1 Å². The van der Waals surface area contributed by atoms with Gasteiger partial charge in [0.2, 0.25) is 11.6 Å². The number of furan rings is 1. The molecule has 0 bridgehead atoms. The molecule has 2 aromatic heterocycles. The number of ether oxygens (including phenoxy) is 1. The predicted octanol–water partition coefficient (Wildman–Crippen LogP) is 1.72. The van der Waals surface area contributed by atoms with Crippen molar-refractivity contribution in [1.82, 2.24) is 14.9 Å². The summed E-state index contributed by atoms with van der Waals surface area (Å²) in [5, 5.41) is 17.5. The molecule has 0 spiro atoms. The monoisotopic (exact) mass is 362 g/mol. The van der Waals surface area contributed by atoms with E-state index < -0.39 is 4.92 Å². The fourth-order valence-electron chi connectivity index (χ4n) is 2.73. The van der Waals surface area contributed by atoms with Crippen molar-refractivity contribution in [2.75, 3.05) is 50.0 Å². The molecule has 0 aromatic carbocycles. The van der Waals surface area contributed by atoms with Crippen molar-refractivity contribution in [3.05, 3.63) is 40.6 Å². The van der Waals surface area contributed by atoms with Crippen molar-refractivity contribution in [3.8, 4) is 0 Å². The molecule has 2 N–H and O–H groups in total. The van der Waals surface area contributed by atoms with Gasteiger partial charge in [0.1, 0.15) is 12.1 Å². The maximum Gasteiger partial charge on any atom is 0.353 e. The van der Waals surface area contributed by atoms with Gasteiger partial charge < -0.3 is 19.8 Å². The molecule has 1 saturated heterocycles. The first kappa shape index (κ1) is 18.1. The molecule has 2 aromatic rings. The zero-order valence-corrected chi connectivity index (χ0v) is 14.4. The predicted molar refractivity (Wildman–Crippen MR) is 95.1 cm³/mol. The maximum absolute atomic E-state index is 11.5.